The summed E-state index contributed by atoms with van der Waals surface area (Å²) in [6.45, 7) is 0. The average Bonchev–Trinajstić information content (AvgIpc) is 2.95. The molecule has 39 heavy (non-hydrogen) atoms. The minimum Gasteiger partial charge on any atom is -0.480 e. The smallest absolute Gasteiger partial charge is 0.277 e. The van der Waals surface area contributed by atoms with Gasteiger partial charge in [-0.25, -0.2) is 9.97 Å². The molecular weight excluding hydrogens is 486 g/mol. The van der Waals surface area contributed by atoms with Gasteiger partial charge < -0.3 is 9.30 Å². The van der Waals surface area contributed by atoms with Crippen LogP contribution in [0.2, 0.25) is 0 Å². The van der Waals surface area contributed by atoms with Crippen LogP contribution < -0.4 is 10.3 Å². The molecule has 4 atom stereocenters. The fourth-order valence-electron chi connectivity index (χ4n) is 8.66. The maximum absolute atomic E-state index is 14.2. The number of fused-ring (bicyclic) bond motifs is 5. The molecule has 2 aromatic heterocycles. The molecule has 4 unspecified atom stereocenters. The Morgan fingerprint density at radius 3 is 2.36 bits per heavy atom. The molecule has 7 nitrogen and oxygen atoms in total. The molecule has 0 radical (unpaired) electrons. The Bertz CT molecular complexity index is 1470. The largest absolute Gasteiger partial charge is 0.480 e. The molecule has 2 saturated heterocycles. The second kappa shape index (κ2) is 10.1. The summed E-state index contributed by atoms with van der Waals surface area (Å²) in [4.78, 5) is 26.2. The van der Waals surface area contributed by atoms with Gasteiger partial charge in [-0.1, -0.05) is 37.8 Å². The molecule has 2 saturated carbocycles. The molecule has 0 amide bonds. The van der Waals surface area contributed by atoms with E-state index in [0.29, 0.717) is 28.9 Å². The lowest BCUT2D eigenvalue weighted by Gasteiger charge is -2.55. The number of aromatic nitrogens is 3. The second-order valence-electron chi connectivity index (χ2n) is 12.4. The van der Waals surface area contributed by atoms with E-state index in [1.54, 1.807) is 12.3 Å². The van der Waals surface area contributed by atoms with Gasteiger partial charge >= 0.3 is 0 Å². The van der Waals surface area contributed by atoms with Gasteiger partial charge in [0.15, 0.2) is 0 Å². The number of nitrogens with zero attached hydrogens (tertiary/aromatic N) is 5. The summed E-state index contributed by atoms with van der Waals surface area (Å²) in [5, 5.41) is 9.62. The van der Waals surface area contributed by atoms with Crippen molar-refractivity contribution < 1.29 is 4.74 Å². The number of pyridine rings is 1. The van der Waals surface area contributed by atoms with Crippen LogP contribution in [0.15, 0.2) is 41.3 Å². The number of rotatable bonds is 4. The number of hydrogen-bond donors (Lipinski definition) is 0. The van der Waals surface area contributed by atoms with Crippen molar-refractivity contribution in [2.45, 2.75) is 94.8 Å². The van der Waals surface area contributed by atoms with E-state index in [4.69, 9.17) is 9.72 Å². The molecule has 7 rings (SSSR count). The van der Waals surface area contributed by atoms with E-state index >= 15 is 0 Å². The fraction of sp³-hybridized carbons (Fsp3) is 0.562. The number of nitriles is 1. The van der Waals surface area contributed by atoms with Crippen molar-refractivity contribution >= 4 is 11.0 Å². The fourth-order valence-corrected chi connectivity index (χ4v) is 8.66. The molecule has 2 aliphatic heterocycles. The molecule has 4 aliphatic rings. The van der Waals surface area contributed by atoms with Crippen LogP contribution >= 0.6 is 0 Å². The van der Waals surface area contributed by atoms with Gasteiger partial charge in [-0.3, -0.25) is 9.69 Å². The Balaban J connectivity index is 1.27. The van der Waals surface area contributed by atoms with Crippen LogP contribution in [0, 0.1) is 23.2 Å². The molecule has 4 heterocycles. The lowest BCUT2D eigenvalue weighted by molar-refractivity contribution is -0.0485. The van der Waals surface area contributed by atoms with Crippen molar-refractivity contribution in [1.29, 1.82) is 5.26 Å². The number of hydrogen-bond acceptors (Lipinski definition) is 6. The van der Waals surface area contributed by atoms with Crippen LogP contribution in [0.5, 0.6) is 5.88 Å². The number of methoxy groups -OCH3 is 1. The molecular formula is C32H37N5O2. The van der Waals surface area contributed by atoms with Gasteiger partial charge in [0.25, 0.3) is 5.56 Å². The molecule has 7 heteroatoms. The first-order valence-electron chi connectivity index (χ1n) is 14.9. The summed E-state index contributed by atoms with van der Waals surface area (Å²) in [6, 6.07) is 13.7. The highest BCUT2D eigenvalue weighted by atomic mass is 16.5. The standard InChI is InChI=1S/C32H37N5O2/c1-39-31-22(18-33)15-23(19-34-31)30-32(38)37(29-11-3-2-10-28(29)35-30)27-16-24-8-5-9-25(17-27)36(24)26-13-20-6-4-7-21(12-20)14-26/h2-3,10-11,15,19-21,24-27H,4-9,12-14,16-17H2,1H3. The molecule has 0 N–H and O–H groups in total. The lowest BCUT2D eigenvalue weighted by atomic mass is 9.68. The molecule has 0 spiro atoms. The van der Waals surface area contributed by atoms with Crippen molar-refractivity contribution in [3.63, 3.8) is 0 Å². The highest BCUT2D eigenvalue weighted by molar-refractivity contribution is 5.78. The van der Waals surface area contributed by atoms with Crippen LogP contribution in [0.1, 0.15) is 82.2 Å². The van der Waals surface area contributed by atoms with Gasteiger partial charge in [-0.2, -0.15) is 5.26 Å². The van der Waals surface area contributed by atoms with Crippen molar-refractivity contribution in [2.75, 3.05) is 7.11 Å². The third-order valence-corrected chi connectivity index (χ3v) is 10.1. The topological polar surface area (TPSA) is 84.0 Å². The highest BCUT2D eigenvalue weighted by Gasteiger charge is 2.45. The first kappa shape index (κ1) is 24.8. The van der Waals surface area contributed by atoms with Gasteiger partial charge in [-0.05, 0) is 75.0 Å². The summed E-state index contributed by atoms with van der Waals surface area (Å²) in [5.74, 6) is 2.10. The predicted molar refractivity (Wildman–Crippen MR) is 151 cm³/mol. The molecule has 2 aliphatic carbocycles. The van der Waals surface area contributed by atoms with E-state index in [-0.39, 0.29) is 17.5 Å². The zero-order valence-corrected chi connectivity index (χ0v) is 22.8. The molecule has 202 valence electrons. The zero-order chi connectivity index (χ0) is 26.5. The van der Waals surface area contributed by atoms with Gasteiger partial charge in [-0.15, -0.1) is 0 Å². The van der Waals surface area contributed by atoms with Crippen LogP contribution in [0.25, 0.3) is 22.3 Å². The Kier molecular flexibility index (Phi) is 6.39. The number of para-hydroxylation sites is 2. The van der Waals surface area contributed by atoms with Crippen LogP contribution in [-0.2, 0) is 0 Å². The molecule has 3 aromatic rings. The number of ether oxygens (including phenoxy) is 1. The minimum absolute atomic E-state index is 0.0896. The maximum Gasteiger partial charge on any atom is 0.277 e. The monoisotopic (exact) mass is 523 g/mol. The lowest BCUT2D eigenvalue weighted by Crippen LogP contribution is -2.58. The Labute approximate surface area is 229 Å². The van der Waals surface area contributed by atoms with E-state index in [0.717, 1.165) is 41.8 Å². The van der Waals surface area contributed by atoms with Gasteiger partial charge in [0.1, 0.15) is 17.3 Å². The van der Waals surface area contributed by atoms with E-state index in [2.05, 4.69) is 16.0 Å². The van der Waals surface area contributed by atoms with Gasteiger partial charge in [0.2, 0.25) is 5.88 Å². The van der Waals surface area contributed by atoms with Crippen molar-refractivity contribution in [1.82, 2.24) is 19.4 Å². The van der Waals surface area contributed by atoms with E-state index in [9.17, 15) is 10.1 Å². The third-order valence-electron chi connectivity index (χ3n) is 10.1. The predicted octanol–water partition coefficient (Wildman–Crippen LogP) is 5.87. The first-order valence-corrected chi connectivity index (χ1v) is 14.9. The van der Waals surface area contributed by atoms with Crippen LogP contribution in [0.4, 0.5) is 0 Å². The summed E-state index contributed by atoms with van der Waals surface area (Å²) >= 11 is 0. The van der Waals surface area contributed by atoms with Crippen molar-refractivity contribution in [3.05, 3.63) is 52.4 Å². The van der Waals surface area contributed by atoms with Crippen LogP contribution in [0.3, 0.4) is 0 Å². The number of benzene rings is 1. The second-order valence-corrected chi connectivity index (χ2v) is 12.4. The Morgan fingerprint density at radius 1 is 0.923 bits per heavy atom. The van der Waals surface area contributed by atoms with Crippen LogP contribution in [-0.4, -0.2) is 44.7 Å². The maximum atomic E-state index is 14.2. The number of piperidine rings is 2. The highest BCUT2D eigenvalue weighted by Crippen LogP contribution is 2.47. The average molecular weight is 524 g/mol. The van der Waals surface area contributed by atoms with E-state index in [1.165, 1.54) is 64.9 Å². The SMILES string of the molecule is COc1ncc(-c2nc3ccccc3n(C3CC4CCCC(C3)N4C3CC4CCCC(C4)C3)c2=O)cc1C#N. The quantitative estimate of drug-likeness (QED) is 0.426. The van der Waals surface area contributed by atoms with Gasteiger partial charge in [0.05, 0.1) is 18.1 Å². The molecule has 1 aromatic carbocycles. The Morgan fingerprint density at radius 2 is 1.64 bits per heavy atom. The molecule has 4 bridgehead atoms. The minimum atomic E-state index is -0.0896. The normalized spacial score (nSPS) is 30.6. The van der Waals surface area contributed by atoms with Gasteiger partial charge in [0, 0.05) is 35.9 Å². The van der Waals surface area contributed by atoms with Crippen molar-refractivity contribution in [2.24, 2.45) is 11.8 Å². The summed E-state index contributed by atoms with van der Waals surface area (Å²) in [5.41, 5.74) is 2.83. The van der Waals surface area contributed by atoms with Crippen molar-refractivity contribution in [3.8, 4) is 23.2 Å². The zero-order valence-electron chi connectivity index (χ0n) is 22.8. The van der Waals surface area contributed by atoms with E-state index in [1.807, 2.05) is 28.8 Å². The summed E-state index contributed by atoms with van der Waals surface area (Å²) < 4.78 is 7.26. The third kappa shape index (κ3) is 4.34. The summed E-state index contributed by atoms with van der Waals surface area (Å²) in [7, 11) is 1.49. The van der Waals surface area contributed by atoms with E-state index < -0.39 is 0 Å². The Hall–Kier alpha value is -3.24. The first-order chi connectivity index (χ1) is 19.1. The molecule has 4 fully saturated rings. The summed E-state index contributed by atoms with van der Waals surface area (Å²) in [6.07, 6.45) is 15.9.